The van der Waals surface area contributed by atoms with E-state index in [9.17, 15) is 0 Å². The highest BCUT2D eigenvalue weighted by atomic mass is 16.5. The van der Waals surface area contributed by atoms with E-state index in [1.807, 2.05) is 0 Å². The molecule has 3 rings (SSSR count). The van der Waals surface area contributed by atoms with E-state index in [0.717, 1.165) is 19.6 Å². The lowest BCUT2D eigenvalue weighted by Gasteiger charge is -2.30. The first-order valence-corrected chi connectivity index (χ1v) is 5.88. The summed E-state index contributed by atoms with van der Waals surface area (Å²) in [5.41, 5.74) is 2.88. The smallest absolute Gasteiger partial charge is 0.0980 e. The zero-order chi connectivity index (χ0) is 10.1. The highest BCUT2D eigenvalue weighted by Gasteiger charge is 2.30. The van der Waals surface area contributed by atoms with Crippen LogP contribution in [0.2, 0.25) is 0 Å². The Labute approximate surface area is 90.6 Å². The first-order chi connectivity index (χ1) is 7.45. The van der Waals surface area contributed by atoms with Gasteiger partial charge in [-0.2, -0.15) is 0 Å². The number of hydrogen-bond acceptors (Lipinski definition) is 2. The van der Waals surface area contributed by atoms with E-state index in [4.69, 9.17) is 4.74 Å². The molecule has 80 valence electrons. The minimum absolute atomic E-state index is 0.289. The molecule has 2 aliphatic heterocycles. The first kappa shape index (κ1) is 9.37. The van der Waals surface area contributed by atoms with Gasteiger partial charge >= 0.3 is 0 Å². The van der Waals surface area contributed by atoms with Crippen LogP contribution >= 0.6 is 0 Å². The monoisotopic (exact) mass is 203 g/mol. The fraction of sp³-hybridized carbons (Fsp3) is 0.538. The van der Waals surface area contributed by atoms with Crippen molar-refractivity contribution in [2.24, 2.45) is 0 Å². The molecule has 1 aromatic rings. The van der Waals surface area contributed by atoms with Gasteiger partial charge in [0, 0.05) is 6.04 Å². The van der Waals surface area contributed by atoms with Gasteiger partial charge in [0.2, 0.25) is 0 Å². The highest BCUT2D eigenvalue weighted by Crippen LogP contribution is 2.32. The van der Waals surface area contributed by atoms with Crippen molar-refractivity contribution in [1.82, 2.24) is 5.32 Å². The van der Waals surface area contributed by atoms with Crippen LogP contribution in [0.1, 0.15) is 30.1 Å². The predicted molar refractivity (Wildman–Crippen MR) is 59.9 cm³/mol. The summed E-state index contributed by atoms with van der Waals surface area (Å²) in [6.07, 6.45) is 3.89. The summed E-state index contributed by atoms with van der Waals surface area (Å²) in [7, 11) is 0. The van der Waals surface area contributed by atoms with Crippen LogP contribution in [-0.2, 0) is 11.2 Å². The molecule has 0 aromatic heterocycles. The lowest BCUT2D eigenvalue weighted by Crippen LogP contribution is -2.33. The van der Waals surface area contributed by atoms with Crippen LogP contribution in [-0.4, -0.2) is 19.2 Å². The molecular formula is C13H17NO. The second-order valence-electron chi connectivity index (χ2n) is 4.44. The van der Waals surface area contributed by atoms with Gasteiger partial charge in [-0.3, -0.25) is 0 Å². The van der Waals surface area contributed by atoms with E-state index in [0.29, 0.717) is 6.04 Å². The van der Waals surface area contributed by atoms with Gasteiger partial charge in [0.25, 0.3) is 0 Å². The predicted octanol–water partition coefficient (Wildman–Crippen LogP) is 2.05. The number of benzene rings is 1. The Balaban J connectivity index is 1.91. The van der Waals surface area contributed by atoms with Crippen LogP contribution in [0.5, 0.6) is 0 Å². The molecular weight excluding hydrogens is 186 g/mol. The topological polar surface area (TPSA) is 21.3 Å². The largest absolute Gasteiger partial charge is 0.372 e. The van der Waals surface area contributed by atoms with Crippen molar-refractivity contribution in [1.29, 1.82) is 0 Å². The number of nitrogens with one attached hydrogen (secondary N) is 1. The van der Waals surface area contributed by atoms with E-state index >= 15 is 0 Å². The van der Waals surface area contributed by atoms with Crippen molar-refractivity contribution >= 4 is 0 Å². The highest BCUT2D eigenvalue weighted by molar-refractivity contribution is 5.32. The van der Waals surface area contributed by atoms with Gasteiger partial charge in [0.05, 0.1) is 12.7 Å². The van der Waals surface area contributed by atoms with Crippen molar-refractivity contribution in [2.45, 2.75) is 31.4 Å². The summed E-state index contributed by atoms with van der Waals surface area (Å²) >= 11 is 0. The van der Waals surface area contributed by atoms with Gasteiger partial charge in [-0.15, -0.1) is 0 Å². The summed E-state index contributed by atoms with van der Waals surface area (Å²) < 4.78 is 5.93. The lowest BCUT2D eigenvalue weighted by atomic mass is 9.93. The molecule has 2 atom stereocenters. The van der Waals surface area contributed by atoms with Crippen molar-refractivity contribution in [2.75, 3.05) is 13.2 Å². The number of hydrogen-bond donors (Lipinski definition) is 1. The summed E-state index contributed by atoms with van der Waals surface area (Å²) in [4.78, 5) is 0. The van der Waals surface area contributed by atoms with Gasteiger partial charge in [-0.25, -0.2) is 0 Å². The average molecular weight is 203 g/mol. The molecule has 0 radical (unpaired) electrons. The van der Waals surface area contributed by atoms with Crippen LogP contribution in [0.4, 0.5) is 0 Å². The molecule has 1 fully saturated rings. The van der Waals surface area contributed by atoms with E-state index in [1.54, 1.807) is 0 Å². The molecule has 0 saturated carbocycles. The quantitative estimate of drug-likeness (QED) is 0.754. The molecule has 0 aliphatic carbocycles. The second kappa shape index (κ2) is 3.95. The maximum atomic E-state index is 5.93. The summed E-state index contributed by atoms with van der Waals surface area (Å²) in [6.45, 7) is 2.02. The van der Waals surface area contributed by atoms with Gasteiger partial charge in [0.15, 0.2) is 0 Å². The Kier molecular flexibility index (Phi) is 2.47. The van der Waals surface area contributed by atoms with Crippen LogP contribution in [0.25, 0.3) is 0 Å². The number of rotatable bonds is 1. The summed E-state index contributed by atoms with van der Waals surface area (Å²) in [6, 6.07) is 9.24. The molecule has 1 N–H and O–H groups in total. The maximum Gasteiger partial charge on any atom is 0.0980 e. The Bertz CT molecular complexity index is 344. The van der Waals surface area contributed by atoms with Crippen LogP contribution < -0.4 is 5.32 Å². The van der Waals surface area contributed by atoms with Crippen LogP contribution in [0.3, 0.4) is 0 Å². The molecule has 0 spiro atoms. The van der Waals surface area contributed by atoms with Gasteiger partial charge in [-0.05, 0) is 36.9 Å². The Morgan fingerprint density at radius 2 is 2.20 bits per heavy atom. The zero-order valence-electron chi connectivity index (χ0n) is 8.91. The summed E-state index contributed by atoms with van der Waals surface area (Å²) in [5, 5.41) is 3.54. The Hall–Kier alpha value is -0.860. The standard InChI is InChI=1S/C13H17NO/c1-2-5-11-10(4-1)7-9-15-13(11)12-6-3-8-14-12/h1-2,4-5,12-14H,3,6-9H2/t12-,13-/m1/s1. The van der Waals surface area contributed by atoms with Crippen molar-refractivity contribution in [3.63, 3.8) is 0 Å². The average Bonchev–Trinajstić information content (AvgIpc) is 2.82. The molecule has 0 unspecified atom stereocenters. The molecule has 1 saturated heterocycles. The fourth-order valence-corrected chi connectivity index (χ4v) is 2.73. The third kappa shape index (κ3) is 1.68. The molecule has 15 heavy (non-hydrogen) atoms. The van der Waals surface area contributed by atoms with Crippen molar-refractivity contribution < 1.29 is 4.74 Å². The normalized spacial score (nSPS) is 30.1. The van der Waals surface area contributed by atoms with E-state index in [2.05, 4.69) is 29.6 Å². The second-order valence-corrected chi connectivity index (χ2v) is 4.44. The molecule has 0 bridgehead atoms. The summed E-state index contributed by atoms with van der Waals surface area (Å²) in [5.74, 6) is 0. The number of ether oxygens (including phenoxy) is 1. The molecule has 0 amide bonds. The fourth-order valence-electron chi connectivity index (χ4n) is 2.73. The van der Waals surface area contributed by atoms with Crippen LogP contribution in [0.15, 0.2) is 24.3 Å². The van der Waals surface area contributed by atoms with E-state index in [-0.39, 0.29) is 6.10 Å². The minimum Gasteiger partial charge on any atom is -0.372 e. The third-order valence-electron chi connectivity index (χ3n) is 3.49. The van der Waals surface area contributed by atoms with Gasteiger partial charge in [0.1, 0.15) is 0 Å². The molecule has 2 nitrogen and oxygen atoms in total. The Morgan fingerprint density at radius 3 is 3.07 bits per heavy atom. The van der Waals surface area contributed by atoms with Crippen molar-refractivity contribution in [3.05, 3.63) is 35.4 Å². The maximum absolute atomic E-state index is 5.93. The van der Waals surface area contributed by atoms with Gasteiger partial charge in [-0.1, -0.05) is 24.3 Å². The number of fused-ring (bicyclic) bond motifs is 1. The van der Waals surface area contributed by atoms with Gasteiger partial charge < -0.3 is 10.1 Å². The van der Waals surface area contributed by atoms with E-state index < -0.39 is 0 Å². The van der Waals surface area contributed by atoms with E-state index in [1.165, 1.54) is 24.0 Å². The van der Waals surface area contributed by atoms with Crippen LogP contribution in [0, 0.1) is 0 Å². The Morgan fingerprint density at radius 1 is 1.27 bits per heavy atom. The molecule has 2 aliphatic rings. The third-order valence-corrected chi connectivity index (χ3v) is 3.49. The zero-order valence-corrected chi connectivity index (χ0v) is 8.91. The molecule has 2 heteroatoms. The molecule has 2 heterocycles. The SMILES string of the molecule is c1ccc2c(c1)CCO[C@H]2[C@H]1CCCN1. The minimum atomic E-state index is 0.289. The molecule has 1 aromatic carbocycles. The van der Waals surface area contributed by atoms with Crippen molar-refractivity contribution in [3.8, 4) is 0 Å². The lowest BCUT2D eigenvalue weighted by molar-refractivity contribution is 0.0199. The first-order valence-electron chi connectivity index (χ1n) is 5.88.